The molecule has 6 nitrogen and oxygen atoms in total. The Kier molecular flexibility index (Phi) is 5.71. The van der Waals surface area contributed by atoms with Crippen LogP contribution in [0.1, 0.15) is 48.6 Å². The Morgan fingerprint density at radius 1 is 1.32 bits per heavy atom. The van der Waals surface area contributed by atoms with Crippen LogP contribution in [-0.2, 0) is 11.3 Å². The fraction of sp³-hybridized carbons (Fsp3) is 0.368. The molecular weight excluding hydrogens is 316 g/mol. The van der Waals surface area contributed by atoms with Crippen LogP contribution in [0.15, 0.2) is 29.1 Å². The Balaban J connectivity index is 2.15. The molecule has 0 saturated heterocycles. The standard InChI is InChI=1S/C19H22N4O2/c1-5-12(2)15-6-8-16(9-7-15)21-18(24)11-23-19(25)17(10-20)13(3)14(4)22-23/h6-9,12H,5,11H2,1-4H3,(H,21,24)/t12-/m0/s1. The summed E-state index contributed by atoms with van der Waals surface area (Å²) in [5.41, 5.74) is 2.46. The normalized spacial score (nSPS) is 11.6. The number of rotatable bonds is 5. The molecule has 0 bridgehead atoms. The highest BCUT2D eigenvalue weighted by Crippen LogP contribution is 2.20. The van der Waals surface area contributed by atoms with Gasteiger partial charge >= 0.3 is 0 Å². The highest BCUT2D eigenvalue weighted by molar-refractivity contribution is 5.90. The second kappa shape index (κ2) is 7.75. The van der Waals surface area contributed by atoms with Crippen LogP contribution in [0.5, 0.6) is 0 Å². The SMILES string of the molecule is CC[C@H](C)c1ccc(NC(=O)Cn2nc(C)c(C)c(C#N)c2=O)cc1. The Morgan fingerprint density at radius 3 is 2.52 bits per heavy atom. The Bertz CT molecular complexity index is 876. The molecule has 0 spiro atoms. The van der Waals surface area contributed by atoms with Crippen molar-refractivity contribution in [2.75, 3.05) is 5.32 Å². The summed E-state index contributed by atoms with van der Waals surface area (Å²) in [6, 6.07) is 9.54. The van der Waals surface area contributed by atoms with Crippen LogP contribution in [0.25, 0.3) is 0 Å². The van der Waals surface area contributed by atoms with E-state index in [1.54, 1.807) is 13.8 Å². The van der Waals surface area contributed by atoms with Crippen LogP contribution in [-0.4, -0.2) is 15.7 Å². The van der Waals surface area contributed by atoms with Crippen molar-refractivity contribution in [3.05, 3.63) is 57.0 Å². The van der Waals surface area contributed by atoms with E-state index in [0.717, 1.165) is 11.1 Å². The topological polar surface area (TPSA) is 87.8 Å². The first-order chi connectivity index (χ1) is 11.9. The highest BCUT2D eigenvalue weighted by atomic mass is 16.2. The first kappa shape index (κ1) is 18.4. The summed E-state index contributed by atoms with van der Waals surface area (Å²) in [4.78, 5) is 24.4. The van der Waals surface area contributed by atoms with Crippen molar-refractivity contribution in [1.29, 1.82) is 5.26 Å². The average molecular weight is 338 g/mol. The molecule has 0 aliphatic rings. The second-order valence-electron chi connectivity index (χ2n) is 6.14. The fourth-order valence-electron chi connectivity index (χ4n) is 2.48. The van der Waals surface area contributed by atoms with Gasteiger partial charge in [-0.15, -0.1) is 0 Å². The van der Waals surface area contributed by atoms with E-state index in [4.69, 9.17) is 5.26 Å². The monoisotopic (exact) mass is 338 g/mol. The molecular formula is C19H22N4O2. The summed E-state index contributed by atoms with van der Waals surface area (Å²) in [5.74, 6) is 0.102. The van der Waals surface area contributed by atoms with Gasteiger partial charge in [0.25, 0.3) is 5.56 Å². The van der Waals surface area contributed by atoms with Crippen LogP contribution in [0.4, 0.5) is 5.69 Å². The zero-order chi connectivity index (χ0) is 18.6. The van der Waals surface area contributed by atoms with E-state index < -0.39 is 5.56 Å². The van der Waals surface area contributed by atoms with E-state index >= 15 is 0 Å². The summed E-state index contributed by atoms with van der Waals surface area (Å²) in [6.07, 6.45) is 1.05. The molecule has 130 valence electrons. The number of hydrogen-bond donors (Lipinski definition) is 1. The third-order valence-electron chi connectivity index (χ3n) is 4.42. The van der Waals surface area contributed by atoms with Crippen molar-refractivity contribution >= 4 is 11.6 Å². The Hall–Kier alpha value is -2.94. The van der Waals surface area contributed by atoms with Gasteiger partial charge in [-0.05, 0) is 49.4 Å². The van der Waals surface area contributed by atoms with E-state index in [1.165, 1.54) is 5.56 Å². The molecule has 0 unspecified atom stereocenters. The minimum atomic E-state index is -0.548. The van der Waals surface area contributed by atoms with Gasteiger partial charge in [0, 0.05) is 5.69 Å². The summed E-state index contributed by atoms with van der Waals surface area (Å²) < 4.78 is 1.03. The highest BCUT2D eigenvalue weighted by Gasteiger charge is 2.14. The van der Waals surface area contributed by atoms with Gasteiger partial charge in [-0.2, -0.15) is 10.4 Å². The molecule has 0 saturated carbocycles. The molecule has 1 aromatic heterocycles. The van der Waals surface area contributed by atoms with Gasteiger partial charge < -0.3 is 5.32 Å². The van der Waals surface area contributed by atoms with Crippen LogP contribution >= 0.6 is 0 Å². The third kappa shape index (κ3) is 4.13. The third-order valence-corrected chi connectivity index (χ3v) is 4.42. The lowest BCUT2D eigenvalue weighted by Crippen LogP contribution is -2.32. The molecule has 2 rings (SSSR count). The van der Waals surface area contributed by atoms with Gasteiger partial charge in [0.05, 0.1) is 5.69 Å². The summed E-state index contributed by atoms with van der Waals surface area (Å²) >= 11 is 0. The van der Waals surface area contributed by atoms with Crippen molar-refractivity contribution in [2.45, 2.75) is 46.6 Å². The number of benzene rings is 1. The van der Waals surface area contributed by atoms with Gasteiger partial charge in [-0.25, -0.2) is 4.68 Å². The first-order valence-corrected chi connectivity index (χ1v) is 8.25. The number of nitrogens with one attached hydrogen (secondary N) is 1. The lowest BCUT2D eigenvalue weighted by molar-refractivity contribution is -0.117. The molecule has 0 aliphatic carbocycles. The van der Waals surface area contributed by atoms with E-state index in [0.29, 0.717) is 22.9 Å². The minimum Gasteiger partial charge on any atom is -0.324 e. The van der Waals surface area contributed by atoms with E-state index in [-0.39, 0.29) is 18.0 Å². The smallest absolute Gasteiger partial charge is 0.285 e. The number of aryl methyl sites for hydroxylation is 1. The van der Waals surface area contributed by atoms with Gasteiger partial charge in [-0.3, -0.25) is 9.59 Å². The van der Waals surface area contributed by atoms with E-state index in [9.17, 15) is 9.59 Å². The minimum absolute atomic E-state index is 0.0261. The van der Waals surface area contributed by atoms with Gasteiger partial charge in [-0.1, -0.05) is 26.0 Å². The quantitative estimate of drug-likeness (QED) is 0.908. The summed E-state index contributed by atoms with van der Waals surface area (Å²) in [7, 11) is 0. The number of anilines is 1. The van der Waals surface area contributed by atoms with Gasteiger partial charge in [0.2, 0.25) is 5.91 Å². The van der Waals surface area contributed by atoms with Crippen LogP contribution in [0.2, 0.25) is 0 Å². The van der Waals surface area contributed by atoms with E-state index in [1.807, 2.05) is 30.3 Å². The van der Waals surface area contributed by atoms with Crippen molar-refractivity contribution in [3.63, 3.8) is 0 Å². The Labute approximate surface area is 147 Å². The van der Waals surface area contributed by atoms with Crippen LogP contribution < -0.4 is 10.9 Å². The molecule has 1 N–H and O–H groups in total. The maximum Gasteiger partial charge on any atom is 0.285 e. The molecule has 0 aliphatic heterocycles. The second-order valence-corrected chi connectivity index (χ2v) is 6.14. The predicted molar refractivity (Wildman–Crippen MR) is 96.5 cm³/mol. The summed E-state index contributed by atoms with van der Waals surface area (Å²) in [6.45, 7) is 7.42. The lowest BCUT2D eigenvalue weighted by Gasteiger charge is -2.11. The van der Waals surface area contributed by atoms with Crippen LogP contribution in [0.3, 0.4) is 0 Å². The van der Waals surface area contributed by atoms with Gasteiger partial charge in [0.15, 0.2) is 0 Å². The number of nitrogens with zero attached hydrogens (tertiary/aromatic N) is 3. The maximum absolute atomic E-state index is 12.2. The summed E-state index contributed by atoms with van der Waals surface area (Å²) in [5, 5.41) is 16.0. The number of nitriles is 1. The number of aromatic nitrogens is 2. The zero-order valence-electron chi connectivity index (χ0n) is 15.0. The maximum atomic E-state index is 12.2. The number of hydrogen-bond acceptors (Lipinski definition) is 4. The molecule has 1 heterocycles. The number of amides is 1. The lowest BCUT2D eigenvalue weighted by atomic mass is 9.99. The van der Waals surface area contributed by atoms with Crippen LogP contribution in [0, 0.1) is 25.2 Å². The molecule has 1 atom stereocenters. The van der Waals surface area contributed by atoms with Crippen molar-refractivity contribution in [3.8, 4) is 6.07 Å². The molecule has 2 aromatic rings. The van der Waals surface area contributed by atoms with Crippen molar-refractivity contribution in [2.24, 2.45) is 0 Å². The molecule has 1 amide bonds. The van der Waals surface area contributed by atoms with E-state index in [2.05, 4.69) is 24.3 Å². The molecule has 0 radical (unpaired) electrons. The van der Waals surface area contributed by atoms with Crippen molar-refractivity contribution < 1.29 is 4.79 Å². The van der Waals surface area contributed by atoms with Gasteiger partial charge in [0.1, 0.15) is 18.2 Å². The zero-order valence-corrected chi connectivity index (χ0v) is 15.0. The molecule has 0 fully saturated rings. The molecule has 6 heteroatoms. The fourth-order valence-corrected chi connectivity index (χ4v) is 2.48. The van der Waals surface area contributed by atoms with Crippen molar-refractivity contribution in [1.82, 2.24) is 9.78 Å². The Morgan fingerprint density at radius 2 is 1.96 bits per heavy atom. The average Bonchev–Trinajstić information content (AvgIpc) is 2.60. The predicted octanol–water partition coefficient (Wildman–Crippen LogP) is 2.88. The number of carbonyl (C=O) groups is 1. The molecule has 1 aromatic carbocycles. The molecule has 25 heavy (non-hydrogen) atoms. The number of carbonyl (C=O) groups excluding carboxylic acids is 1. The largest absolute Gasteiger partial charge is 0.324 e. The first-order valence-electron chi connectivity index (χ1n) is 8.25.